The number of pyridine rings is 1. The number of nitrogens with zero attached hydrogens (tertiary/aromatic N) is 2. The number of allylic oxidation sites excluding steroid dienone is 1. The number of carboxylic acid groups (broad SMARTS) is 1. The maximum atomic E-state index is 11.4. The lowest BCUT2D eigenvalue weighted by Gasteiger charge is -2.30. The molecule has 1 saturated carbocycles. The number of ether oxygens (including phenoxy) is 1. The smallest absolute Gasteiger partial charge is 0.411 e. The monoisotopic (exact) mass is 274 g/mol. The number of rotatable bonds is 3. The van der Waals surface area contributed by atoms with Crippen molar-refractivity contribution in [2.75, 3.05) is 6.54 Å². The van der Waals surface area contributed by atoms with Crippen LogP contribution in [-0.2, 0) is 0 Å². The Labute approximate surface area is 117 Å². The van der Waals surface area contributed by atoms with E-state index in [9.17, 15) is 9.90 Å². The van der Waals surface area contributed by atoms with Crippen LogP contribution in [0, 0.1) is 5.92 Å². The molecular weight excluding hydrogens is 256 g/mol. The van der Waals surface area contributed by atoms with Crippen LogP contribution in [0.1, 0.15) is 31.7 Å². The summed E-state index contributed by atoms with van der Waals surface area (Å²) in [7, 11) is 0. The summed E-state index contributed by atoms with van der Waals surface area (Å²) < 4.78 is 5.67. The van der Waals surface area contributed by atoms with E-state index in [1.807, 2.05) is 18.2 Å². The Morgan fingerprint density at radius 2 is 2.30 bits per heavy atom. The van der Waals surface area contributed by atoms with Crippen LogP contribution in [0.15, 0.2) is 24.4 Å². The number of hydrogen-bond acceptors (Lipinski definition) is 3. The van der Waals surface area contributed by atoms with Crippen molar-refractivity contribution in [3.63, 3.8) is 0 Å². The Morgan fingerprint density at radius 1 is 1.50 bits per heavy atom. The minimum Gasteiger partial charge on any atom is -0.474 e. The first-order chi connectivity index (χ1) is 9.63. The molecule has 5 heteroatoms. The average molecular weight is 274 g/mol. The van der Waals surface area contributed by atoms with Crippen LogP contribution in [-0.4, -0.2) is 33.7 Å². The normalized spacial score (nSPS) is 22.4. The number of amides is 1. The van der Waals surface area contributed by atoms with Gasteiger partial charge in [-0.1, -0.05) is 13.0 Å². The van der Waals surface area contributed by atoms with Gasteiger partial charge >= 0.3 is 6.09 Å². The highest BCUT2D eigenvalue weighted by molar-refractivity contribution is 5.81. The molecule has 2 heterocycles. The van der Waals surface area contributed by atoms with Crippen molar-refractivity contribution in [3.8, 4) is 5.88 Å². The zero-order valence-electron chi connectivity index (χ0n) is 11.5. The highest BCUT2D eigenvalue weighted by atomic mass is 16.5. The van der Waals surface area contributed by atoms with Gasteiger partial charge in [0.05, 0.1) is 5.70 Å². The lowest BCUT2D eigenvalue weighted by Crippen LogP contribution is -2.34. The van der Waals surface area contributed by atoms with E-state index in [0.717, 1.165) is 30.5 Å². The second-order valence-corrected chi connectivity index (χ2v) is 5.52. The quantitative estimate of drug-likeness (QED) is 0.920. The van der Waals surface area contributed by atoms with Crippen molar-refractivity contribution in [1.82, 2.24) is 9.88 Å². The molecule has 1 N–H and O–H groups in total. The Balaban J connectivity index is 1.87. The third kappa shape index (κ3) is 2.76. The first-order valence-corrected chi connectivity index (χ1v) is 6.97. The third-order valence-electron chi connectivity index (χ3n) is 3.57. The fourth-order valence-corrected chi connectivity index (χ4v) is 2.35. The van der Waals surface area contributed by atoms with Crippen molar-refractivity contribution in [1.29, 1.82) is 0 Å². The molecule has 1 fully saturated rings. The molecule has 1 amide bonds. The Hall–Kier alpha value is -2.04. The van der Waals surface area contributed by atoms with Crippen molar-refractivity contribution in [3.05, 3.63) is 30.0 Å². The summed E-state index contributed by atoms with van der Waals surface area (Å²) in [6, 6.07) is 3.66. The maximum absolute atomic E-state index is 11.4. The lowest BCUT2D eigenvalue weighted by atomic mass is 9.99. The van der Waals surface area contributed by atoms with Crippen LogP contribution in [0.4, 0.5) is 4.79 Å². The van der Waals surface area contributed by atoms with Gasteiger partial charge in [0.25, 0.3) is 0 Å². The second kappa shape index (κ2) is 5.15. The molecule has 1 aliphatic heterocycles. The summed E-state index contributed by atoms with van der Waals surface area (Å²) in [6.45, 7) is 2.58. The van der Waals surface area contributed by atoms with E-state index in [4.69, 9.17) is 4.74 Å². The summed E-state index contributed by atoms with van der Waals surface area (Å²) >= 11 is 0. The van der Waals surface area contributed by atoms with Gasteiger partial charge in [0, 0.05) is 24.4 Å². The molecular formula is C15H18N2O3. The number of hydrogen-bond donors (Lipinski definition) is 1. The summed E-state index contributed by atoms with van der Waals surface area (Å²) in [5, 5.41) is 9.35. The zero-order chi connectivity index (χ0) is 14.1. The summed E-state index contributed by atoms with van der Waals surface area (Å²) in [5.41, 5.74) is 1.59. The predicted octanol–water partition coefficient (Wildman–Crippen LogP) is 2.98. The Morgan fingerprint density at radius 3 is 3.00 bits per heavy atom. The largest absolute Gasteiger partial charge is 0.474 e. The van der Waals surface area contributed by atoms with E-state index in [0.29, 0.717) is 18.3 Å². The molecule has 3 rings (SSSR count). The number of carbonyl (C=O) groups is 1. The van der Waals surface area contributed by atoms with E-state index in [1.165, 1.54) is 4.90 Å². The fourth-order valence-electron chi connectivity index (χ4n) is 2.35. The minimum atomic E-state index is -0.913. The van der Waals surface area contributed by atoms with Crippen LogP contribution < -0.4 is 4.74 Å². The minimum absolute atomic E-state index is 0.286. The van der Waals surface area contributed by atoms with E-state index < -0.39 is 6.09 Å². The van der Waals surface area contributed by atoms with Crippen LogP contribution in [0.5, 0.6) is 5.88 Å². The molecule has 1 aliphatic carbocycles. The van der Waals surface area contributed by atoms with Gasteiger partial charge in [0.15, 0.2) is 0 Å². The van der Waals surface area contributed by atoms with Gasteiger partial charge in [-0.2, -0.15) is 0 Å². The summed E-state index contributed by atoms with van der Waals surface area (Å²) in [4.78, 5) is 17.0. The van der Waals surface area contributed by atoms with E-state index in [2.05, 4.69) is 11.9 Å². The molecule has 2 aliphatic rings. The standard InChI is InChI=1S/C15H18N2O3/c1-10-2-5-13(17(9-10)15(18)19)11-6-7-16-14(8-11)20-12-3-4-12/h5-8,10,12H,2-4,9H2,1H3,(H,18,19). The van der Waals surface area contributed by atoms with E-state index >= 15 is 0 Å². The van der Waals surface area contributed by atoms with Gasteiger partial charge in [0.2, 0.25) is 5.88 Å². The highest BCUT2D eigenvalue weighted by Gasteiger charge is 2.26. The molecule has 0 radical (unpaired) electrons. The van der Waals surface area contributed by atoms with Crippen molar-refractivity contribution in [2.45, 2.75) is 32.3 Å². The Bertz CT molecular complexity index is 552. The van der Waals surface area contributed by atoms with Gasteiger partial charge in [-0.15, -0.1) is 0 Å². The molecule has 1 aromatic rings. The maximum Gasteiger partial charge on any atom is 0.411 e. The molecule has 1 unspecified atom stereocenters. The highest BCUT2D eigenvalue weighted by Crippen LogP contribution is 2.30. The van der Waals surface area contributed by atoms with Gasteiger partial charge in [-0.25, -0.2) is 9.78 Å². The van der Waals surface area contributed by atoms with Gasteiger partial charge in [-0.05, 0) is 31.2 Å². The molecule has 106 valence electrons. The van der Waals surface area contributed by atoms with Crippen molar-refractivity contribution in [2.24, 2.45) is 5.92 Å². The molecule has 0 saturated heterocycles. The predicted molar refractivity (Wildman–Crippen MR) is 74.4 cm³/mol. The number of aromatic nitrogens is 1. The fraction of sp³-hybridized carbons (Fsp3) is 0.467. The first-order valence-electron chi connectivity index (χ1n) is 6.97. The van der Waals surface area contributed by atoms with Crippen LogP contribution in [0.3, 0.4) is 0 Å². The zero-order valence-corrected chi connectivity index (χ0v) is 11.5. The molecule has 0 spiro atoms. The molecule has 5 nitrogen and oxygen atoms in total. The van der Waals surface area contributed by atoms with E-state index in [1.54, 1.807) is 6.20 Å². The van der Waals surface area contributed by atoms with Crippen molar-refractivity contribution < 1.29 is 14.6 Å². The lowest BCUT2D eigenvalue weighted by molar-refractivity contribution is 0.159. The molecule has 20 heavy (non-hydrogen) atoms. The average Bonchev–Trinajstić information content (AvgIpc) is 3.23. The Kier molecular flexibility index (Phi) is 3.34. The van der Waals surface area contributed by atoms with Gasteiger partial charge < -0.3 is 9.84 Å². The molecule has 0 aromatic carbocycles. The summed E-state index contributed by atoms with van der Waals surface area (Å²) in [6.07, 6.45) is 6.07. The topological polar surface area (TPSA) is 62.7 Å². The summed E-state index contributed by atoms with van der Waals surface area (Å²) in [5.74, 6) is 0.925. The van der Waals surface area contributed by atoms with Gasteiger partial charge in [-0.3, -0.25) is 4.90 Å². The van der Waals surface area contributed by atoms with Crippen LogP contribution in [0.25, 0.3) is 5.70 Å². The third-order valence-corrected chi connectivity index (χ3v) is 3.57. The SMILES string of the molecule is CC1CC=C(c2ccnc(OC3CC3)c2)N(C(=O)O)C1. The van der Waals surface area contributed by atoms with Crippen LogP contribution >= 0.6 is 0 Å². The van der Waals surface area contributed by atoms with E-state index in [-0.39, 0.29) is 6.10 Å². The van der Waals surface area contributed by atoms with Crippen molar-refractivity contribution >= 4 is 11.8 Å². The molecule has 1 atom stereocenters. The van der Waals surface area contributed by atoms with Crippen LogP contribution in [0.2, 0.25) is 0 Å². The first kappa shape index (κ1) is 13.0. The molecule has 1 aromatic heterocycles. The molecule has 0 bridgehead atoms. The second-order valence-electron chi connectivity index (χ2n) is 5.52. The van der Waals surface area contributed by atoms with Gasteiger partial charge in [0.1, 0.15) is 6.10 Å².